The van der Waals surface area contributed by atoms with Crippen LogP contribution in [0.5, 0.6) is 0 Å². The molecule has 104 valence electrons. The van der Waals surface area contributed by atoms with Crippen molar-refractivity contribution in [3.05, 3.63) is 33.8 Å². The number of rotatable bonds is 4. The highest BCUT2D eigenvalue weighted by atomic mass is 35.5. The van der Waals surface area contributed by atoms with Crippen molar-refractivity contribution in [3.8, 4) is 0 Å². The van der Waals surface area contributed by atoms with Crippen LogP contribution in [0.2, 0.25) is 10.0 Å². The van der Waals surface area contributed by atoms with Gasteiger partial charge in [0.25, 0.3) is 0 Å². The van der Waals surface area contributed by atoms with Gasteiger partial charge >= 0.3 is 0 Å². The summed E-state index contributed by atoms with van der Waals surface area (Å²) in [6.07, 6.45) is 7.78. The first-order valence-electron chi connectivity index (χ1n) is 7.31. The van der Waals surface area contributed by atoms with Crippen molar-refractivity contribution in [3.63, 3.8) is 0 Å². The van der Waals surface area contributed by atoms with Gasteiger partial charge in [-0.3, -0.25) is 0 Å². The lowest BCUT2D eigenvalue weighted by Gasteiger charge is -2.25. The summed E-state index contributed by atoms with van der Waals surface area (Å²) in [4.78, 5) is 0. The number of fused-ring (bicyclic) bond motifs is 2. The van der Waals surface area contributed by atoms with Crippen LogP contribution in [0.3, 0.4) is 0 Å². The van der Waals surface area contributed by atoms with Crippen LogP contribution in [-0.4, -0.2) is 6.04 Å². The number of benzene rings is 1. The van der Waals surface area contributed by atoms with E-state index in [1.54, 1.807) is 0 Å². The van der Waals surface area contributed by atoms with E-state index in [0.717, 1.165) is 41.2 Å². The second-order valence-corrected chi connectivity index (χ2v) is 7.21. The third-order valence-corrected chi connectivity index (χ3v) is 5.57. The van der Waals surface area contributed by atoms with E-state index < -0.39 is 0 Å². The quantitative estimate of drug-likeness (QED) is 0.857. The largest absolute Gasteiger partial charge is 0.327 e. The zero-order chi connectivity index (χ0) is 13.4. The third kappa shape index (κ3) is 3.09. The van der Waals surface area contributed by atoms with Crippen molar-refractivity contribution in [1.82, 2.24) is 0 Å². The molecule has 3 rings (SSSR count). The summed E-state index contributed by atoms with van der Waals surface area (Å²) in [5.41, 5.74) is 7.46. The van der Waals surface area contributed by atoms with E-state index in [9.17, 15) is 0 Å². The summed E-state index contributed by atoms with van der Waals surface area (Å²) in [5.74, 6) is 2.82. The molecule has 0 saturated heterocycles. The fourth-order valence-corrected chi connectivity index (χ4v) is 4.59. The van der Waals surface area contributed by atoms with Crippen LogP contribution in [0, 0.1) is 17.8 Å². The van der Waals surface area contributed by atoms with Crippen molar-refractivity contribution in [2.24, 2.45) is 23.5 Å². The predicted molar refractivity (Wildman–Crippen MR) is 81.7 cm³/mol. The minimum atomic E-state index is 0.225. The molecule has 0 amide bonds. The Morgan fingerprint density at radius 1 is 1.21 bits per heavy atom. The Bertz CT molecular complexity index is 460. The third-order valence-electron chi connectivity index (χ3n) is 4.99. The number of nitrogens with two attached hydrogens (primary N) is 1. The lowest BCUT2D eigenvalue weighted by Crippen LogP contribution is -2.28. The molecular formula is C16H21Cl2N. The lowest BCUT2D eigenvalue weighted by atomic mass is 9.83. The van der Waals surface area contributed by atoms with Gasteiger partial charge in [0.2, 0.25) is 0 Å². The van der Waals surface area contributed by atoms with Gasteiger partial charge in [-0.25, -0.2) is 0 Å². The molecule has 3 heteroatoms. The molecule has 2 fully saturated rings. The molecule has 1 aromatic rings. The van der Waals surface area contributed by atoms with Gasteiger partial charge in [-0.05, 0) is 67.6 Å². The topological polar surface area (TPSA) is 26.0 Å². The molecule has 4 atom stereocenters. The van der Waals surface area contributed by atoms with Crippen molar-refractivity contribution in [1.29, 1.82) is 0 Å². The van der Waals surface area contributed by atoms with Crippen molar-refractivity contribution in [2.75, 3.05) is 0 Å². The van der Waals surface area contributed by atoms with Crippen molar-refractivity contribution >= 4 is 23.2 Å². The zero-order valence-corrected chi connectivity index (χ0v) is 12.6. The highest BCUT2D eigenvalue weighted by molar-refractivity contribution is 6.35. The minimum Gasteiger partial charge on any atom is -0.327 e. The Labute approximate surface area is 125 Å². The number of hydrogen-bond donors (Lipinski definition) is 1. The average Bonchev–Trinajstić information content (AvgIpc) is 2.95. The number of halogens is 2. The predicted octanol–water partition coefficient (Wildman–Crippen LogP) is 4.69. The standard InChI is InChI=1S/C16H21Cl2N/c17-14-4-3-12(16(18)9-14)7-15(19)8-13-6-10-1-2-11(13)5-10/h3-4,9-11,13,15H,1-2,5-8,19H2. The van der Waals surface area contributed by atoms with E-state index in [0.29, 0.717) is 5.02 Å². The molecule has 2 N–H and O–H groups in total. The van der Waals surface area contributed by atoms with Crippen LogP contribution in [0.15, 0.2) is 18.2 Å². The molecule has 0 radical (unpaired) electrons. The summed E-state index contributed by atoms with van der Waals surface area (Å²) in [5, 5.41) is 1.44. The Balaban J connectivity index is 1.57. The van der Waals surface area contributed by atoms with Crippen LogP contribution in [0.4, 0.5) is 0 Å². The number of hydrogen-bond acceptors (Lipinski definition) is 1. The Hall–Kier alpha value is -0.240. The maximum atomic E-state index is 6.33. The van der Waals surface area contributed by atoms with E-state index in [1.165, 1.54) is 25.7 Å². The summed E-state index contributed by atoms with van der Waals surface area (Å²) < 4.78 is 0. The van der Waals surface area contributed by atoms with Gasteiger partial charge in [-0.2, -0.15) is 0 Å². The van der Waals surface area contributed by atoms with Crippen molar-refractivity contribution in [2.45, 2.75) is 44.6 Å². The molecule has 1 aromatic carbocycles. The first-order chi connectivity index (χ1) is 9.11. The zero-order valence-electron chi connectivity index (χ0n) is 11.1. The first-order valence-corrected chi connectivity index (χ1v) is 8.07. The Morgan fingerprint density at radius 3 is 2.68 bits per heavy atom. The van der Waals surface area contributed by atoms with Gasteiger partial charge in [-0.1, -0.05) is 35.7 Å². The summed E-state index contributed by atoms with van der Waals surface area (Å²) in [7, 11) is 0. The normalized spacial score (nSPS) is 30.8. The molecule has 4 unspecified atom stereocenters. The first kappa shape index (κ1) is 13.7. The van der Waals surface area contributed by atoms with Crippen LogP contribution < -0.4 is 5.73 Å². The fourth-order valence-electron chi connectivity index (χ4n) is 4.11. The van der Waals surface area contributed by atoms with E-state index >= 15 is 0 Å². The monoisotopic (exact) mass is 297 g/mol. The fraction of sp³-hybridized carbons (Fsp3) is 0.625. The van der Waals surface area contributed by atoms with Crippen molar-refractivity contribution < 1.29 is 0 Å². The van der Waals surface area contributed by atoms with E-state index in [-0.39, 0.29) is 6.04 Å². The van der Waals surface area contributed by atoms with Gasteiger partial charge in [0, 0.05) is 16.1 Å². The van der Waals surface area contributed by atoms with Gasteiger partial charge < -0.3 is 5.73 Å². The Morgan fingerprint density at radius 2 is 2.05 bits per heavy atom. The lowest BCUT2D eigenvalue weighted by molar-refractivity contribution is 0.294. The molecule has 1 nitrogen and oxygen atoms in total. The molecular weight excluding hydrogens is 277 g/mol. The van der Waals surface area contributed by atoms with Crippen LogP contribution >= 0.6 is 23.2 Å². The van der Waals surface area contributed by atoms with Crippen LogP contribution in [-0.2, 0) is 6.42 Å². The van der Waals surface area contributed by atoms with E-state index in [4.69, 9.17) is 28.9 Å². The highest BCUT2D eigenvalue weighted by Crippen LogP contribution is 2.49. The van der Waals surface area contributed by atoms with Crippen LogP contribution in [0.25, 0.3) is 0 Å². The molecule has 2 aliphatic rings. The summed E-state index contributed by atoms with van der Waals surface area (Å²) in [6.45, 7) is 0. The van der Waals surface area contributed by atoms with Crippen LogP contribution in [0.1, 0.15) is 37.7 Å². The summed E-state index contributed by atoms with van der Waals surface area (Å²) >= 11 is 12.1. The molecule has 2 saturated carbocycles. The SMILES string of the molecule is NC(Cc1ccc(Cl)cc1Cl)CC1CC2CCC1C2. The Kier molecular flexibility index (Phi) is 4.07. The second kappa shape index (κ2) is 5.63. The highest BCUT2D eigenvalue weighted by Gasteiger charge is 2.39. The van der Waals surface area contributed by atoms with Gasteiger partial charge in [0.15, 0.2) is 0 Å². The van der Waals surface area contributed by atoms with E-state index in [1.807, 2.05) is 18.2 Å². The average molecular weight is 298 g/mol. The molecule has 0 heterocycles. The van der Waals surface area contributed by atoms with E-state index in [2.05, 4.69) is 0 Å². The van der Waals surface area contributed by atoms with Gasteiger partial charge in [0.1, 0.15) is 0 Å². The van der Waals surface area contributed by atoms with Gasteiger partial charge in [-0.15, -0.1) is 0 Å². The molecule has 2 bridgehead atoms. The molecule has 19 heavy (non-hydrogen) atoms. The second-order valence-electron chi connectivity index (χ2n) is 6.37. The molecule has 0 aliphatic heterocycles. The smallest absolute Gasteiger partial charge is 0.0453 e. The maximum absolute atomic E-state index is 6.33. The molecule has 2 aliphatic carbocycles. The summed E-state index contributed by atoms with van der Waals surface area (Å²) in [6, 6.07) is 5.93. The maximum Gasteiger partial charge on any atom is 0.0453 e. The minimum absolute atomic E-state index is 0.225. The van der Waals surface area contributed by atoms with Gasteiger partial charge in [0.05, 0.1) is 0 Å². The molecule has 0 aromatic heterocycles. The molecule has 0 spiro atoms.